The van der Waals surface area contributed by atoms with Crippen molar-refractivity contribution < 1.29 is 19.0 Å². The lowest BCUT2D eigenvalue weighted by atomic mass is 10.2. The molecular formula is C21H20BrN3O5. The van der Waals surface area contributed by atoms with E-state index < -0.39 is 12.1 Å². The van der Waals surface area contributed by atoms with Gasteiger partial charge in [-0.05, 0) is 55.8 Å². The number of hydrogen-bond acceptors (Lipinski definition) is 7. The van der Waals surface area contributed by atoms with Crippen LogP contribution in [0.15, 0.2) is 50.8 Å². The first-order valence-corrected chi connectivity index (χ1v) is 9.79. The molecule has 156 valence electrons. The van der Waals surface area contributed by atoms with Crippen LogP contribution in [0.5, 0.6) is 11.5 Å². The molecule has 0 aliphatic rings. The Labute approximate surface area is 181 Å². The fourth-order valence-electron chi connectivity index (χ4n) is 2.79. The average molecular weight is 474 g/mol. The zero-order chi connectivity index (χ0) is 21.8. The zero-order valence-corrected chi connectivity index (χ0v) is 18.5. The number of ether oxygens (including phenoxy) is 3. The number of methoxy groups -OCH3 is 2. The molecule has 9 heteroatoms. The Hall–Kier alpha value is -3.20. The number of esters is 1. The van der Waals surface area contributed by atoms with Crippen molar-refractivity contribution in [3.63, 3.8) is 0 Å². The van der Waals surface area contributed by atoms with Crippen molar-refractivity contribution in [2.45, 2.75) is 20.0 Å². The standard InChI is InChI=1S/C21H20BrN3O5/c1-12(21(27)29-4)30-18-8-5-14(9-19(18)28-3)11-23-25-13(2)24-17-7-6-15(22)10-16(17)20(25)26/h5-12H,1-4H3/t12-/m1/s1. The van der Waals surface area contributed by atoms with Crippen molar-refractivity contribution >= 4 is 39.0 Å². The van der Waals surface area contributed by atoms with E-state index >= 15 is 0 Å². The summed E-state index contributed by atoms with van der Waals surface area (Å²) in [4.78, 5) is 28.8. The van der Waals surface area contributed by atoms with Crippen LogP contribution in [0, 0.1) is 6.92 Å². The number of halogens is 1. The number of hydrogen-bond donors (Lipinski definition) is 0. The molecule has 0 saturated carbocycles. The molecular weight excluding hydrogens is 454 g/mol. The van der Waals surface area contributed by atoms with Crippen molar-refractivity contribution in [2.75, 3.05) is 14.2 Å². The Morgan fingerprint density at radius 3 is 2.67 bits per heavy atom. The van der Waals surface area contributed by atoms with Crippen molar-refractivity contribution in [1.29, 1.82) is 0 Å². The van der Waals surface area contributed by atoms with Crippen LogP contribution in [0.1, 0.15) is 18.3 Å². The van der Waals surface area contributed by atoms with Gasteiger partial charge in [0.1, 0.15) is 5.82 Å². The molecule has 0 amide bonds. The maximum atomic E-state index is 12.8. The van der Waals surface area contributed by atoms with Gasteiger partial charge in [-0.25, -0.2) is 9.78 Å². The van der Waals surface area contributed by atoms with E-state index in [4.69, 9.17) is 9.47 Å². The molecule has 0 aliphatic carbocycles. The Morgan fingerprint density at radius 2 is 1.97 bits per heavy atom. The minimum Gasteiger partial charge on any atom is -0.493 e. The first-order valence-electron chi connectivity index (χ1n) is 9.00. The van der Waals surface area contributed by atoms with E-state index in [1.807, 2.05) is 6.07 Å². The molecule has 1 heterocycles. The highest BCUT2D eigenvalue weighted by atomic mass is 79.9. The second kappa shape index (κ2) is 9.08. The van der Waals surface area contributed by atoms with Gasteiger partial charge in [0.25, 0.3) is 5.56 Å². The summed E-state index contributed by atoms with van der Waals surface area (Å²) in [7, 11) is 2.79. The van der Waals surface area contributed by atoms with E-state index in [-0.39, 0.29) is 5.56 Å². The maximum Gasteiger partial charge on any atom is 0.346 e. The van der Waals surface area contributed by atoms with Crippen LogP contribution in [0.25, 0.3) is 10.9 Å². The molecule has 0 N–H and O–H groups in total. The summed E-state index contributed by atoms with van der Waals surface area (Å²) in [5.41, 5.74) is 1.01. The summed E-state index contributed by atoms with van der Waals surface area (Å²) in [6.07, 6.45) is 0.739. The number of carbonyl (C=O) groups is 1. The molecule has 3 aromatic rings. The highest BCUT2D eigenvalue weighted by molar-refractivity contribution is 9.10. The molecule has 0 saturated heterocycles. The number of carbonyl (C=O) groups excluding carboxylic acids is 1. The highest BCUT2D eigenvalue weighted by Crippen LogP contribution is 2.28. The topological polar surface area (TPSA) is 92.0 Å². The lowest BCUT2D eigenvalue weighted by Crippen LogP contribution is -2.25. The maximum absolute atomic E-state index is 12.8. The third kappa shape index (κ3) is 4.51. The van der Waals surface area contributed by atoms with E-state index in [2.05, 4.69) is 30.8 Å². The number of aryl methyl sites for hydroxylation is 1. The Morgan fingerprint density at radius 1 is 1.20 bits per heavy atom. The Bertz CT molecular complexity index is 1190. The molecule has 0 spiro atoms. The van der Waals surface area contributed by atoms with E-state index in [0.29, 0.717) is 33.8 Å². The molecule has 3 rings (SSSR count). The lowest BCUT2D eigenvalue weighted by Gasteiger charge is -2.15. The monoisotopic (exact) mass is 473 g/mol. The third-order valence-electron chi connectivity index (χ3n) is 4.32. The van der Waals surface area contributed by atoms with Crippen molar-refractivity contribution in [1.82, 2.24) is 9.66 Å². The van der Waals surface area contributed by atoms with Gasteiger partial charge in [0.2, 0.25) is 0 Å². The minimum atomic E-state index is -0.785. The fourth-order valence-corrected chi connectivity index (χ4v) is 3.15. The van der Waals surface area contributed by atoms with Crippen LogP contribution in [-0.4, -0.2) is 42.2 Å². The smallest absolute Gasteiger partial charge is 0.346 e. The lowest BCUT2D eigenvalue weighted by molar-refractivity contribution is -0.147. The molecule has 8 nitrogen and oxygen atoms in total. The van der Waals surface area contributed by atoms with Crippen LogP contribution < -0.4 is 15.0 Å². The third-order valence-corrected chi connectivity index (χ3v) is 4.81. The molecule has 1 aromatic heterocycles. The molecule has 0 bridgehead atoms. The first-order chi connectivity index (χ1) is 14.3. The normalized spacial score (nSPS) is 12.2. The molecule has 0 radical (unpaired) electrons. The minimum absolute atomic E-state index is 0.270. The van der Waals surface area contributed by atoms with Crippen molar-refractivity contribution in [2.24, 2.45) is 5.10 Å². The number of benzene rings is 2. The van der Waals surface area contributed by atoms with E-state index in [0.717, 1.165) is 4.47 Å². The second-order valence-electron chi connectivity index (χ2n) is 6.38. The van der Waals surface area contributed by atoms with Gasteiger partial charge in [0, 0.05) is 4.47 Å². The van der Waals surface area contributed by atoms with Crippen LogP contribution in [0.3, 0.4) is 0 Å². The number of nitrogens with zero attached hydrogens (tertiary/aromatic N) is 3. The van der Waals surface area contributed by atoms with Gasteiger partial charge in [-0.3, -0.25) is 4.79 Å². The van der Waals surface area contributed by atoms with Crippen LogP contribution >= 0.6 is 15.9 Å². The van der Waals surface area contributed by atoms with E-state index in [1.165, 1.54) is 25.1 Å². The van der Waals surface area contributed by atoms with Gasteiger partial charge in [-0.2, -0.15) is 9.78 Å². The quantitative estimate of drug-likeness (QED) is 0.402. The summed E-state index contributed by atoms with van der Waals surface area (Å²) in [6, 6.07) is 10.4. The number of rotatable bonds is 6. The number of aromatic nitrogens is 2. The van der Waals surface area contributed by atoms with Gasteiger partial charge >= 0.3 is 5.97 Å². The zero-order valence-electron chi connectivity index (χ0n) is 16.9. The molecule has 30 heavy (non-hydrogen) atoms. The summed E-state index contributed by atoms with van der Waals surface area (Å²) in [6.45, 7) is 3.30. The summed E-state index contributed by atoms with van der Waals surface area (Å²) in [5, 5.41) is 4.76. The predicted octanol–water partition coefficient (Wildman–Crippen LogP) is 3.30. The van der Waals surface area contributed by atoms with Crippen LogP contribution in [0.2, 0.25) is 0 Å². The Balaban J connectivity index is 1.93. The largest absolute Gasteiger partial charge is 0.493 e. The Kier molecular flexibility index (Phi) is 6.51. The number of fused-ring (bicyclic) bond motifs is 1. The van der Waals surface area contributed by atoms with Crippen molar-refractivity contribution in [3.8, 4) is 11.5 Å². The summed E-state index contributed by atoms with van der Waals surface area (Å²) < 4.78 is 17.6. The molecule has 1 atom stereocenters. The average Bonchev–Trinajstić information content (AvgIpc) is 2.74. The molecule has 0 unspecified atom stereocenters. The van der Waals surface area contributed by atoms with Crippen molar-refractivity contribution in [3.05, 3.63) is 62.6 Å². The summed E-state index contributed by atoms with van der Waals surface area (Å²) in [5.74, 6) is 0.773. The first kappa shape index (κ1) is 21.5. The fraction of sp³-hybridized carbons (Fsp3) is 0.238. The van der Waals surface area contributed by atoms with Gasteiger partial charge < -0.3 is 14.2 Å². The molecule has 2 aromatic carbocycles. The predicted molar refractivity (Wildman–Crippen MR) is 117 cm³/mol. The van der Waals surface area contributed by atoms with E-state index in [9.17, 15) is 9.59 Å². The van der Waals surface area contributed by atoms with Gasteiger partial charge in [0.05, 0.1) is 31.3 Å². The molecule has 0 aliphatic heterocycles. The second-order valence-corrected chi connectivity index (χ2v) is 7.29. The molecule has 0 fully saturated rings. The highest BCUT2D eigenvalue weighted by Gasteiger charge is 2.17. The van der Waals surface area contributed by atoms with Gasteiger partial charge in [-0.15, -0.1) is 0 Å². The van der Waals surface area contributed by atoms with Crippen LogP contribution in [-0.2, 0) is 9.53 Å². The van der Waals surface area contributed by atoms with Gasteiger partial charge in [0.15, 0.2) is 17.6 Å². The van der Waals surface area contributed by atoms with Gasteiger partial charge in [-0.1, -0.05) is 15.9 Å². The summed E-state index contributed by atoms with van der Waals surface area (Å²) >= 11 is 3.37. The van der Waals surface area contributed by atoms with E-state index in [1.54, 1.807) is 44.2 Å². The SMILES string of the molecule is COC(=O)[C@@H](C)Oc1ccc(C=Nn2c(C)nc3ccc(Br)cc3c2=O)cc1OC. The van der Waals surface area contributed by atoms with Crippen LogP contribution in [0.4, 0.5) is 0 Å².